The van der Waals surface area contributed by atoms with Gasteiger partial charge in [0.05, 0.1) is 0 Å². The van der Waals surface area contributed by atoms with Crippen LogP contribution in [-0.2, 0) is 0 Å². The van der Waals surface area contributed by atoms with Gasteiger partial charge in [0.25, 0.3) is 5.91 Å². The number of carbonyl (C=O) groups excluding carboxylic acids is 2. The number of carbonyl (C=O) groups is 2. The van der Waals surface area contributed by atoms with Gasteiger partial charge in [0.2, 0.25) is 0 Å². The van der Waals surface area contributed by atoms with E-state index in [1.807, 2.05) is 26.0 Å². The number of hydrogen-bond acceptors (Lipinski definition) is 6. The molecule has 9 nitrogen and oxygen atoms in total. The predicted octanol–water partition coefficient (Wildman–Crippen LogP) is 4.25. The van der Waals surface area contributed by atoms with Gasteiger partial charge >= 0.3 is 6.03 Å². The molecule has 2 aromatic carbocycles. The van der Waals surface area contributed by atoms with Crippen molar-refractivity contribution >= 4 is 23.3 Å². The zero-order chi connectivity index (χ0) is 24.3. The minimum Gasteiger partial charge on any atom is -0.489 e. The Labute approximate surface area is 198 Å². The summed E-state index contributed by atoms with van der Waals surface area (Å²) in [5.74, 6) is 1.48. The number of aromatic nitrogens is 1. The first-order valence-electron chi connectivity index (χ1n) is 11.0. The molecule has 0 bridgehead atoms. The van der Waals surface area contributed by atoms with Gasteiger partial charge in [-0.25, -0.2) is 4.79 Å². The summed E-state index contributed by atoms with van der Waals surface area (Å²) in [4.78, 5) is 28.0. The minimum absolute atomic E-state index is 0.0467. The molecule has 4 N–H and O–H groups in total. The van der Waals surface area contributed by atoms with Crippen molar-refractivity contribution in [3.8, 4) is 17.2 Å². The van der Waals surface area contributed by atoms with Crippen molar-refractivity contribution in [1.82, 2.24) is 15.6 Å². The molecule has 0 saturated carbocycles. The Morgan fingerprint density at radius 2 is 1.53 bits per heavy atom. The van der Waals surface area contributed by atoms with Crippen LogP contribution in [0.2, 0.25) is 0 Å². The first-order valence-corrected chi connectivity index (χ1v) is 11.0. The summed E-state index contributed by atoms with van der Waals surface area (Å²) < 4.78 is 11.6. The molecule has 1 aromatic heterocycles. The maximum absolute atomic E-state index is 12.3. The molecule has 3 rings (SSSR count). The van der Waals surface area contributed by atoms with Crippen LogP contribution >= 0.6 is 0 Å². The van der Waals surface area contributed by atoms with E-state index in [1.165, 1.54) is 13.2 Å². The maximum Gasteiger partial charge on any atom is 0.323 e. The molecular weight excluding hydrogens is 434 g/mol. The van der Waals surface area contributed by atoms with Crippen LogP contribution in [0.1, 0.15) is 24.3 Å². The van der Waals surface area contributed by atoms with E-state index in [1.54, 1.807) is 48.5 Å². The minimum atomic E-state index is -0.368. The lowest BCUT2D eigenvalue weighted by Crippen LogP contribution is -2.28. The van der Waals surface area contributed by atoms with Gasteiger partial charge in [-0.1, -0.05) is 6.92 Å². The third kappa shape index (κ3) is 7.49. The van der Waals surface area contributed by atoms with Crippen LogP contribution in [0.5, 0.6) is 17.2 Å². The summed E-state index contributed by atoms with van der Waals surface area (Å²) in [6, 6.07) is 16.9. The zero-order valence-electron chi connectivity index (χ0n) is 19.4. The number of pyridine rings is 1. The fraction of sp³-hybridized carbons (Fsp3) is 0.240. The molecule has 3 aromatic rings. The Balaban J connectivity index is 1.50. The van der Waals surface area contributed by atoms with Crippen LogP contribution in [0, 0.1) is 0 Å². The highest BCUT2D eigenvalue weighted by molar-refractivity contribution is 5.99. The fourth-order valence-electron chi connectivity index (χ4n) is 3.00. The third-order valence-corrected chi connectivity index (χ3v) is 4.67. The SMILES string of the molecule is CCNCC(C)Oc1ccc(NC(=O)Nc2ccc(Oc3ccnc(C(=O)NC)c3)cc2)cc1. The van der Waals surface area contributed by atoms with E-state index in [-0.39, 0.29) is 23.7 Å². The summed E-state index contributed by atoms with van der Waals surface area (Å²) in [7, 11) is 1.54. The Hall–Kier alpha value is -4.11. The number of nitrogens with one attached hydrogen (secondary N) is 4. The van der Waals surface area contributed by atoms with Crippen molar-refractivity contribution in [2.24, 2.45) is 0 Å². The van der Waals surface area contributed by atoms with E-state index in [4.69, 9.17) is 9.47 Å². The molecule has 34 heavy (non-hydrogen) atoms. The Morgan fingerprint density at radius 1 is 0.912 bits per heavy atom. The average Bonchev–Trinajstić information content (AvgIpc) is 2.85. The van der Waals surface area contributed by atoms with Crippen LogP contribution in [0.3, 0.4) is 0 Å². The Morgan fingerprint density at radius 3 is 2.12 bits per heavy atom. The molecule has 1 unspecified atom stereocenters. The van der Waals surface area contributed by atoms with Crippen LogP contribution in [-0.4, -0.2) is 43.2 Å². The van der Waals surface area contributed by atoms with Crippen molar-refractivity contribution in [3.63, 3.8) is 0 Å². The van der Waals surface area contributed by atoms with E-state index < -0.39 is 0 Å². The monoisotopic (exact) mass is 463 g/mol. The number of ether oxygens (including phenoxy) is 2. The molecule has 0 radical (unpaired) electrons. The standard InChI is InChI=1S/C25H29N5O4/c1-4-27-16-17(2)33-20-9-5-18(6-10-20)29-25(32)30-19-7-11-21(12-8-19)34-22-13-14-28-23(15-22)24(31)26-3/h5-15,17,27H,4,16H2,1-3H3,(H,26,31)(H2,29,30,32). The quantitative estimate of drug-likeness (QED) is 0.357. The van der Waals surface area contributed by atoms with E-state index in [0.29, 0.717) is 22.9 Å². The van der Waals surface area contributed by atoms with E-state index in [0.717, 1.165) is 18.8 Å². The maximum atomic E-state index is 12.3. The van der Waals surface area contributed by atoms with Gasteiger partial charge in [-0.2, -0.15) is 0 Å². The molecule has 1 heterocycles. The molecule has 1 atom stereocenters. The van der Waals surface area contributed by atoms with Crippen LogP contribution in [0.4, 0.5) is 16.2 Å². The highest BCUT2D eigenvalue weighted by Gasteiger charge is 2.08. The summed E-state index contributed by atoms with van der Waals surface area (Å²) in [5.41, 5.74) is 1.51. The number of benzene rings is 2. The van der Waals surface area contributed by atoms with E-state index in [9.17, 15) is 9.59 Å². The topological polar surface area (TPSA) is 114 Å². The fourth-order valence-corrected chi connectivity index (χ4v) is 3.00. The van der Waals surface area contributed by atoms with Crippen LogP contribution in [0.25, 0.3) is 0 Å². The van der Waals surface area contributed by atoms with E-state index in [2.05, 4.69) is 26.3 Å². The normalized spacial score (nSPS) is 11.3. The van der Waals surface area contributed by atoms with Gasteiger partial charge in [-0.3, -0.25) is 9.78 Å². The van der Waals surface area contributed by atoms with Crippen LogP contribution < -0.4 is 30.7 Å². The number of anilines is 2. The molecule has 178 valence electrons. The smallest absolute Gasteiger partial charge is 0.323 e. The molecule has 0 spiro atoms. The number of urea groups is 1. The van der Waals surface area contributed by atoms with Gasteiger partial charge in [-0.15, -0.1) is 0 Å². The largest absolute Gasteiger partial charge is 0.489 e. The highest BCUT2D eigenvalue weighted by Crippen LogP contribution is 2.23. The van der Waals surface area contributed by atoms with Gasteiger partial charge < -0.3 is 30.7 Å². The molecule has 0 fully saturated rings. The second-order valence-electron chi connectivity index (χ2n) is 7.42. The van der Waals surface area contributed by atoms with Crippen molar-refractivity contribution in [2.75, 3.05) is 30.8 Å². The summed E-state index contributed by atoms with van der Waals surface area (Å²) >= 11 is 0. The van der Waals surface area contributed by atoms with Gasteiger partial charge in [0, 0.05) is 37.2 Å². The first-order chi connectivity index (χ1) is 16.5. The molecule has 3 amide bonds. The number of rotatable bonds is 10. The second kappa shape index (κ2) is 12.2. The summed E-state index contributed by atoms with van der Waals surface area (Å²) in [5, 5.41) is 11.3. The lowest BCUT2D eigenvalue weighted by atomic mass is 10.3. The Bertz CT molecular complexity index is 1090. The highest BCUT2D eigenvalue weighted by atomic mass is 16.5. The van der Waals surface area contributed by atoms with Gasteiger partial charge in [0.15, 0.2) is 0 Å². The lowest BCUT2D eigenvalue weighted by Gasteiger charge is -2.15. The second-order valence-corrected chi connectivity index (χ2v) is 7.42. The van der Waals surface area contributed by atoms with Gasteiger partial charge in [-0.05, 0) is 68.1 Å². The first kappa shape index (κ1) is 24.5. The van der Waals surface area contributed by atoms with Crippen molar-refractivity contribution in [2.45, 2.75) is 20.0 Å². The molecule has 0 aliphatic carbocycles. The molecular formula is C25H29N5O4. The third-order valence-electron chi connectivity index (χ3n) is 4.67. The number of hydrogen-bond donors (Lipinski definition) is 4. The van der Waals surface area contributed by atoms with E-state index >= 15 is 0 Å². The summed E-state index contributed by atoms with van der Waals surface area (Å²) in [6.07, 6.45) is 1.55. The van der Waals surface area contributed by atoms with Crippen LogP contribution in [0.15, 0.2) is 66.9 Å². The molecule has 0 aliphatic heterocycles. The molecule has 0 saturated heterocycles. The Kier molecular flexibility index (Phi) is 8.81. The zero-order valence-corrected chi connectivity index (χ0v) is 19.4. The average molecular weight is 464 g/mol. The van der Waals surface area contributed by atoms with Crippen molar-refractivity contribution < 1.29 is 19.1 Å². The lowest BCUT2D eigenvalue weighted by molar-refractivity contribution is 0.0957. The number of nitrogens with zero attached hydrogens (tertiary/aromatic N) is 1. The molecule has 9 heteroatoms. The summed E-state index contributed by atoms with van der Waals surface area (Å²) in [6.45, 7) is 5.71. The van der Waals surface area contributed by atoms with Crippen molar-refractivity contribution in [3.05, 3.63) is 72.6 Å². The number of likely N-dealkylation sites (N-methyl/N-ethyl adjacent to an activating group) is 1. The van der Waals surface area contributed by atoms with Crippen molar-refractivity contribution in [1.29, 1.82) is 0 Å². The van der Waals surface area contributed by atoms with Gasteiger partial charge in [0.1, 0.15) is 29.0 Å². The molecule has 0 aliphatic rings. The predicted molar refractivity (Wildman–Crippen MR) is 132 cm³/mol. The number of amides is 3.